The van der Waals surface area contributed by atoms with E-state index < -0.39 is 0 Å². The Morgan fingerprint density at radius 3 is 2.44 bits per heavy atom. The van der Waals surface area contributed by atoms with E-state index in [0.717, 1.165) is 24.8 Å². The summed E-state index contributed by atoms with van der Waals surface area (Å²) in [6, 6.07) is 9.51. The van der Waals surface area contributed by atoms with Crippen LogP contribution in [0.4, 0.5) is 0 Å². The fourth-order valence-electron chi connectivity index (χ4n) is 2.19. The maximum atomic E-state index is 12.0. The number of nitrogens with one attached hydrogen (secondary N) is 1. The van der Waals surface area contributed by atoms with Crippen LogP contribution in [-0.2, 0) is 9.59 Å². The van der Waals surface area contributed by atoms with Crippen LogP contribution in [0.2, 0.25) is 0 Å². The van der Waals surface area contributed by atoms with Crippen molar-refractivity contribution in [2.24, 2.45) is 5.92 Å². The van der Waals surface area contributed by atoms with Gasteiger partial charge in [-0.05, 0) is 25.3 Å². The molecule has 0 radical (unpaired) electrons. The molecule has 0 aliphatic heterocycles. The zero-order chi connectivity index (χ0) is 13.0. The molecule has 1 aromatic rings. The first-order chi connectivity index (χ1) is 8.66. The quantitative estimate of drug-likeness (QED) is 0.866. The van der Waals surface area contributed by atoms with E-state index in [4.69, 9.17) is 0 Å². The van der Waals surface area contributed by atoms with Crippen LogP contribution in [0, 0.1) is 5.92 Å². The first kappa shape index (κ1) is 12.8. The third kappa shape index (κ3) is 3.19. The molecular formula is C15H19NO2. The topological polar surface area (TPSA) is 46.2 Å². The summed E-state index contributed by atoms with van der Waals surface area (Å²) in [6.45, 7) is 1.56. The number of benzene rings is 1. The number of amides is 1. The van der Waals surface area contributed by atoms with Gasteiger partial charge in [0, 0.05) is 12.3 Å². The van der Waals surface area contributed by atoms with Crippen molar-refractivity contribution in [3.63, 3.8) is 0 Å². The Kier molecular flexibility index (Phi) is 4.13. The number of hydrogen-bond donors (Lipinski definition) is 1. The summed E-state index contributed by atoms with van der Waals surface area (Å²) >= 11 is 0. The van der Waals surface area contributed by atoms with Crippen LogP contribution < -0.4 is 5.32 Å². The molecule has 1 amide bonds. The third-order valence-corrected chi connectivity index (χ3v) is 3.49. The molecule has 0 bridgehead atoms. The monoisotopic (exact) mass is 245 g/mol. The molecule has 1 saturated carbocycles. The molecule has 1 atom stereocenters. The SMILES string of the molecule is CC(=O)C[C@H](NC(=O)C1CCC1)c1ccccc1. The molecule has 0 spiro atoms. The molecule has 3 heteroatoms. The zero-order valence-corrected chi connectivity index (χ0v) is 10.7. The lowest BCUT2D eigenvalue weighted by molar-refractivity contribution is -0.128. The average molecular weight is 245 g/mol. The van der Waals surface area contributed by atoms with Crippen LogP contribution in [0.3, 0.4) is 0 Å². The van der Waals surface area contributed by atoms with Gasteiger partial charge in [0.1, 0.15) is 5.78 Å². The van der Waals surface area contributed by atoms with E-state index in [1.54, 1.807) is 6.92 Å². The molecular weight excluding hydrogens is 226 g/mol. The van der Waals surface area contributed by atoms with Crippen LogP contribution >= 0.6 is 0 Å². The van der Waals surface area contributed by atoms with Crippen molar-refractivity contribution in [2.45, 2.75) is 38.6 Å². The molecule has 96 valence electrons. The van der Waals surface area contributed by atoms with Gasteiger partial charge in [-0.25, -0.2) is 0 Å². The summed E-state index contributed by atoms with van der Waals surface area (Å²) in [5, 5.41) is 3.01. The fraction of sp³-hybridized carbons (Fsp3) is 0.467. The van der Waals surface area contributed by atoms with E-state index in [0.29, 0.717) is 6.42 Å². The summed E-state index contributed by atoms with van der Waals surface area (Å²) in [5.41, 5.74) is 1.00. The van der Waals surface area contributed by atoms with Gasteiger partial charge in [0.05, 0.1) is 6.04 Å². The van der Waals surface area contributed by atoms with Crippen molar-refractivity contribution in [1.82, 2.24) is 5.32 Å². The fourth-order valence-corrected chi connectivity index (χ4v) is 2.19. The number of carbonyl (C=O) groups is 2. The number of carbonyl (C=O) groups excluding carboxylic acids is 2. The number of hydrogen-bond acceptors (Lipinski definition) is 2. The molecule has 0 saturated heterocycles. The molecule has 0 heterocycles. The Hall–Kier alpha value is -1.64. The van der Waals surface area contributed by atoms with Crippen molar-refractivity contribution in [2.75, 3.05) is 0 Å². The van der Waals surface area contributed by atoms with E-state index in [1.165, 1.54) is 0 Å². The van der Waals surface area contributed by atoms with Gasteiger partial charge in [-0.2, -0.15) is 0 Å². The first-order valence-electron chi connectivity index (χ1n) is 6.51. The van der Waals surface area contributed by atoms with Gasteiger partial charge in [-0.15, -0.1) is 0 Å². The highest BCUT2D eigenvalue weighted by Crippen LogP contribution is 2.27. The van der Waals surface area contributed by atoms with E-state index in [1.807, 2.05) is 30.3 Å². The predicted molar refractivity (Wildman–Crippen MR) is 70.0 cm³/mol. The van der Waals surface area contributed by atoms with Crippen molar-refractivity contribution in [3.8, 4) is 0 Å². The van der Waals surface area contributed by atoms with Crippen LogP contribution in [0.5, 0.6) is 0 Å². The summed E-state index contributed by atoms with van der Waals surface area (Å²) in [5.74, 6) is 0.345. The molecule has 1 aliphatic rings. The molecule has 1 aliphatic carbocycles. The minimum Gasteiger partial charge on any atom is -0.349 e. The van der Waals surface area contributed by atoms with Gasteiger partial charge in [-0.3, -0.25) is 9.59 Å². The second-order valence-corrected chi connectivity index (χ2v) is 5.01. The van der Waals surface area contributed by atoms with E-state index in [2.05, 4.69) is 5.32 Å². The highest BCUT2D eigenvalue weighted by atomic mass is 16.2. The smallest absolute Gasteiger partial charge is 0.223 e. The number of rotatable bonds is 5. The summed E-state index contributed by atoms with van der Waals surface area (Å²) < 4.78 is 0. The first-order valence-corrected chi connectivity index (χ1v) is 6.51. The molecule has 1 N–H and O–H groups in total. The van der Waals surface area contributed by atoms with E-state index in [9.17, 15) is 9.59 Å². The second kappa shape index (κ2) is 5.80. The molecule has 1 aromatic carbocycles. The van der Waals surface area contributed by atoms with Crippen LogP contribution in [0.1, 0.15) is 44.2 Å². The van der Waals surface area contributed by atoms with Gasteiger partial charge < -0.3 is 5.32 Å². The Morgan fingerprint density at radius 2 is 1.94 bits per heavy atom. The van der Waals surface area contributed by atoms with Gasteiger partial charge in [-0.1, -0.05) is 36.8 Å². The highest BCUT2D eigenvalue weighted by Gasteiger charge is 2.27. The lowest BCUT2D eigenvalue weighted by Crippen LogP contribution is -2.37. The number of ketones is 1. The largest absolute Gasteiger partial charge is 0.349 e. The van der Waals surface area contributed by atoms with Crippen molar-refractivity contribution in [1.29, 1.82) is 0 Å². The molecule has 0 unspecified atom stereocenters. The molecule has 0 aromatic heterocycles. The third-order valence-electron chi connectivity index (χ3n) is 3.49. The van der Waals surface area contributed by atoms with Crippen LogP contribution in [-0.4, -0.2) is 11.7 Å². The maximum Gasteiger partial charge on any atom is 0.223 e. The van der Waals surface area contributed by atoms with E-state index >= 15 is 0 Å². The minimum atomic E-state index is -0.184. The van der Waals surface area contributed by atoms with Crippen molar-refractivity contribution in [3.05, 3.63) is 35.9 Å². The van der Waals surface area contributed by atoms with Gasteiger partial charge in [0.25, 0.3) is 0 Å². The standard InChI is InChI=1S/C15H19NO2/c1-11(17)10-14(12-6-3-2-4-7-12)16-15(18)13-8-5-9-13/h2-4,6-7,13-14H,5,8-10H2,1H3,(H,16,18)/t14-/m0/s1. The normalized spacial score (nSPS) is 16.7. The van der Waals surface area contributed by atoms with Crippen LogP contribution in [0.15, 0.2) is 30.3 Å². The van der Waals surface area contributed by atoms with Gasteiger partial charge >= 0.3 is 0 Å². The molecule has 1 fully saturated rings. The second-order valence-electron chi connectivity index (χ2n) is 5.01. The predicted octanol–water partition coefficient (Wildman–Crippen LogP) is 2.62. The lowest BCUT2D eigenvalue weighted by atomic mass is 9.84. The molecule has 2 rings (SSSR count). The molecule has 18 heavy (non-hydrogen) atoms. The Labute approximate surface area is 108 Å². The Balaban J connectivity index is 2.05. The summed E-state index contributed by atoms with van der Waals surface area (Å²) in [6.07, 6.45) is 3.46. The van der Waals surface area contributed by atoms with Crippen molar-refractivity contribution >= 4 is 11.7 Å². The molecule has 3 nitrogen and oxygen atoms in total. The van der Waals surface area contributed by atoms with Crippen LogP contribution in [0.25, 0.3) is 0 Å². The Morgan fingerprint density at radius 1 is 1.28 bits per heavy atom. The van der Waals surface area contributed by atoms with E-state index in [-0.39, 0.29) is 23.7 Å². The van der Waals surface area contributed by atoms with Gasteiger partial charge in [0.2, 0.25) is 5.91 Å². The number of Topliss-reactive ketones (excluding diaryl/α,β-unsaturated/α-hetero) is 1. The Bertz CT molecular complexity index is 423. The minimum absolute atomic E-state index is 0.0938. The highest BCUT2D eigenvalue weighted by molar-refractivity contribution is 5.81. The van der Waals surface area contributed by atoms with Crippen molar-refractivity contribution < 1.29 is 9.59 Å². The summed E-state index contributed by atoms with van der Waals surface area (Å²) in [7, 11) is 0. The zero-order valence-electron chi connectivity index (χ0n) is 10.7. The lowest BCUT2D eigenvalue weighted by Gasteiger charge is -2.27. The average Bonchev–Trinajstić information content (AvgIpc) is 2.26. The van der Waals surface area contributed by atoms with Gasteiger partial charge in [0.15, 0.2) is 0 Å². The summed E-state index contributed by atoms with van der Waals surface area (Å²) in [4.78, 5) is 23.3. The maximum absolute atomic E-state index is 12.0.